The van der Waals surface area contributed by atoms with Gasteiger partial charge in [0.15, 0.2) is 0 Å². The second-order valence-corrected chi connectivity index (χ2v) is 5.20. The molecule has 3 unspecified atom stereocenters. The van der Waals surface area contributed by atoms with Crippen molar-refractivity contribution in [3.63, 3.8) is 0 Å². The number of nitrogens with two attached hydrogens (primary N) is 1. The number of likely N-dealkylation sites (tertiary alicyclic amines) is 1. The number of aromatic nitrogens is 2. The van der Waals surface area contributed by atoms with Crippen LogP contribution in [0.4, 0.5) is 0 Å². The minimum absolute atomic E-state index is 0. The zero-order chi connectivity index (χ0) is 11.8. The van der Waals surface area contributed by atoms with Crippen LogP contribution in [-0.4, -0.2) is 40.1 Å². The Morgan fingerprint density at radius 3 is 2.94 bits per heavy atom. The molecule has 6 heteroatoms. The zero-order valence-corrected chi connectivity index (χ0v) is 11.0. The van der Waals surface area contributed by atoms with Crippen molar-refractivity contribution in [1.82, 2.24) is 15.1 Å². The van der Waals surface area contributed by atoms with Crippen molar-refractivity contribution in [2.75, 3.05) is 13.1 Å². The molecule has 1 aromatic rings. The number of halogens is 1. The minimum atomic E-state index is 0. The van der Waals surface area contributed by atoms with Gasteiger partial charge in [0.2, 0.25) is 0 Å². The topological polar surface area (TPSA) is 75.0 Å². The van der Waals surface area contributed by atoms with Gasteiger partial charge in [0, 0.05) is 25.3 Å². The standard InChI is InChI=1S/C12H18N4O.ClH/c13-10-3-1-2-8-6-16(7-9(8)10)12(17)11-4-5-14-15-11;/h4-5,8-10H,1-3,6-7,13H2,(H,14,15);1H. The van der Waals surface area contributed by atoms with Crippen LogP contribution in [0.5, 0.6) is 0 Å². The van der Waals surface area contributed by atoms with Gasteiger partial charge in [-0.3, -0.25) is 9.89 Å². The summed E-state index contributed by atoms with van der Waals surface area (Å²) in [6.45, 7) is 1.67. The Kier molecular flexibility index (Phi) is 3.92. The highest BCUT2D eigenvalue weighted by Crippen LogP contribution is 2.35. The summed E-state index contributed by atoms with van der Waals surface area (Å²) in [5, 5.41) is 6.56. The van der Waals surface area contributed by atoms with Gasteiger partial charge >= 0.3 is 0 Å². The molecule has 3 N–H and O–H groups in total. The number of nitrogens with one attached hydrogen (secondary N) is 1. The van der Waals surface area contributed by atoms with Crippen LogP contribution < -0.4 is 5.73 Å². The van der Waals surface area contributed by atoms with E-state index >= 15 is 0 Å². The van der Waals surface area contributed by atoms with Gasteiger partial charge in [-0.05, 0) is 30.7 Å². The summed E-state index contributed by atoms with van der Waals surface area (Å²) in [6, 6.07) is 2.00. The van der Waals surface area contributed by atoms with E-state index in [0.29, 0.717) is 17.5 Å². The molecule has 5 nitrogen and oxygen atoms in total. The van der Waals surface area contributed by atoms with Crippen LogP contribution in [0.3, 0.4) is 0 Å². The maximum absolute atomic E-state index is 12.2. The van der Waals surface area contributed by atoms with Crippen LogP contribution in [-0.2, 0) is 0 Å². The van der Waals surface area contributed by atoms with Crippen LogP contribution in [0.1, 0.15) is 29.8 Å². The van der Waals surface area contributed by atoms with E-state index in [2.05, 4.69) is 10.2 Å². The number of hydrogen-bond donors (Lipinski definition) is 2. The van der Waals surface area contributed by atoms with Crippen molar-refractivity contribution < 1.29 is 4.79 Å². The smallest absolute Gasteiger partial charge is 0.271 e. The highest BCUT2D eigenvalue weighted by atomic mass is 35.5. The maximum atomic E-state index is 12.2. The van der Waals surface area contributed by atoms with Gasteiger partial charge in [0.1, 0.15) is 5.69 Å². The molecule has 1 aliphatic carbocycles. The molecule has 0 spiro atoms. The molecule has 0 aromatic carbocycles. The molecule has 3 rings (SSSR count). The molecule has 100 valence electrons. The largest absolute Gasteiger partial charge is 0.337 e. The predicted octanol–water partition coefficient (Wildman–Crippen LogP) is 1.03. The first-order valence-electron chi connectivity index (χ1n) is 6.30. The van der Waals surface area contributed by atoms with E-state index in [0.717, 1.165) is 19.5 Å². The van der Waals surface area contributed by atoms with Crippen molar-refractivity contribution in [1.29, 1.82) is 0 Å². The van der Waals surface area contributed by atoms with Crippen LogP contribution in [0.15, 0.2) is 12.3 Å². The van der Waals surface area contributed by atoms with Gasteiger partial charge in [-0.2, -0.15) is 5.10 Å². The lowest BCUT2D eigenvalue weighted by Gasteiger charge is -2.29. The number of fused-ring (bicyclic) bond motifs is 1. The van der Waals surface area contributed by atoms with Gasteiger partial charge in [-0.15, -0.1) is 12.4 Å². The Labute approximate surface area is 113 Å². The third kappa shape index (κ3) is 2.24. The highest BCUT2D eigenvalue weighted by Gasteiger charge is 2.40. The Morgan fingerprint density at radius 1 is 1.44 bits per heavy atom. The molecule has 1 amide bonds. The number of nitrogens with zero attached hydrogens (tertiary/aromatic N) is 2. The fourth-order valence-electron chi connectivity index (χ4n) is 3.23. The van der Waals surface area contributed by atoms with E-state index in [4.69, 9.17) is 5.73 Å². The Morgan fingerprint density at radius 2 is 2.28 bits per heavy atom. The predicted molar refractivity (Wildman–Crippen MR) is 70.5 cm³/mol. The number of H-pyrrole nitrogens is 1. The molecule has 18 heavy (non-hydrogen) atoms. The number of carbonyl (C=O) groups excluding carboxylic acids is 1. The van der Waals surface area contributed by atoms with Crippen molar-refractivity contribution >= 4 is 18.3 Å². The number of aromatic amines is 1. The summed E-state index contributed by atoms with van der Waals surface area (Å²) < 4.78 is 0. The molecule has 0 bridgehead atoms. The van der Waals surface area contributed by atoms with Crippen molar-refractivity contribution in [3.8, 4) is 0 Å². The normalized spacial score (nSPS) is 30.7. The van der Waals surface area contributed by atoms with Crippen LogP contribution in [0.25, 0.3) is 0 Å². The van der Waals surface area contributed by atoms with E-state index in [1.54, 1.807) is 12.3 Å². The second-order valence-electron chi connectivity index (χ2n) is 5.20. The van der Waals surface area contributed by atoms with E-state index in [9.17, 15) is 4.79 Å². The van der Waals surface area contributed by atoms with Gasteiger partial charge in [-0.1, -0.05) is 6.42 Å². The number of rotatable bonds is 1. The van der Waals surface area contributed by atoms with Crippen LogP contribution >= 0.6 is 12.4 Å². The van der Waals surface area contributed by atoms with E-state index in [-0.39, 0.29) is 24.4 Å². The molecule has 1 saturated heterocycles. The Hall–Kier alpha value is -1.07. The molecule has 1 saturated carbocycles. The lowest BCUT2D eigenvalue weighted by molar-refractivity contribution is 0.0777. The molecule has 1 aromatic heterocycles. The second kappa shape index (κ2) is 5.28. The van der Waals surface area contributed by atoms with Gasteiger partial charge in [-0.25, -0.2) is 0 Å². The molecular weight excluding hydrogens is 252 g/mol. The maximum Gasteiger partial charge on any atom is 0.271 e. The SMILES string of the molecule is Cl.NC1CCCC2CN(C(=O)c3ccn[nH]3)CC12. The van der Waals surface area contributed by atoms with Crippen molar-refractivity contribution in [2.45, 2.75) is 25.3 Å². The summed E-state index contributed by atoms with van der Waals surface area (Å²) in [4.78, 5) is 14.1. The summed E-state index contributed by atoms with van der Waals surface area (Å²) in [5.41, 5.74) is 6.72. The molecule has 3 atom stereocenters. The van der Waals surface area contributed by atoms with E-state index < -0.39 is 0 Å². The quantitative estimate of drug-likeness (QED) is 0.800. The summed E-state index contributed by atoms with van der Waals surface area (Å²) >= 11 is 0. The number of hydrogen-bond acceptors (Lipinski definition) is 3. The number of carbonyl (C=O) groups is 1. The first kappa shape index (κ1) is 13.4. The van der Waals surface area contributed by atoms with E-state index in [1.807, 2.05) is 4.90 Å². The van der Waals surface area contributed by atoms with Gasteiger partial charge < -0.3 is 10.6 Å². The monoisotopic (exact) mass is 270 g/mol. The fourth-order valence-corrected chi connectivity index (χ4v) is 3.23. The molecule has 2 fully saturated rings. The first-order valence-corrected chi connectivity index (χ1v) is 6.30. The van der Waals surface area contributed by atoms with Gasteiger partial charge in [0.05, 0.1) is 0 Å². The van der Waals surface area contributed by atoms with Crippen LogP contribution in [0.2, 0.25) is 0 Å². The third-order valence-electron chi connectivity index (χ3n) is 4.17. The molecule has 2 heterocycles. The summed E-state index contributed by atoms with van der Waals surface area (Å²) in [6.07, 6.45) is 5.13. The highest BCUT2D eigenvalue weighted by molar-refractivity contribution is 5.92. The molecule has 1 aliphatic heterocycles. The molecular formula is C12H19ClN4O. The lowest BCUT2D eigenvalue weighted by atomic mass is 9.78. The molecule has 2 aliphatic rings. The minimum Gasteiger partial charge on any atom is -0.337 e. The summed E-state index contributed by atoms with van der Waals surface area (Å²) in [7, 11) is 0. The van der Waals surface area contributed by atoms with Gasteiger partial charge in [0.25, 0.3) is 5.91 Å². The Balaban J connectivity index is 0.00000120. The zero-order valence-electron chi connectivity index (χ0n) is 10.2. The number of amides is 1. The fraction of sp³-hybridized carbons (Fsp3) is 0.667. The average Bonchev–Trinajstić information content (AvgIpc) is 2.98. The third-order valence-corrected chi connectivity index (χ3v) is 4.17. The lowest BCUT2D eigenvalue weighted by Crippen LogP contribution is -2.38. The van der Waals surface area contributed by atoms with Crippen molar-refractivity contribution in [2.24, 2.45) is 17.6 Å². The van der Waals surface area contributed by atoms with Crippen LogP contribution in [0, 0.1) is 11.8 Å². The first-order chi connectivity index (χ1) is 8.25. The molecule has 0 radical (unpaired) electrons. The summed E-state index contributed by atoms with van der Waals surface area (Å²) in [5.74, 6) is 1.16. The average molecular weight is 271 g/mol. The van der Waals surface area contributed by atoms with E-state index in [1.165, 1.54) is 12.8 Å². The van der Waals surface area contributed by atoms with Crippen molar-refractivity contribution in [3.05, 3.63) is 18.0 Å². The Bertz CT molecular complexity index is 408.